The molecule has 1 N–H and O–H groups in total. The SMILES string of the molecule is Cc1cccc2[nH]cc(C(=O)c3cccc(F)c3Br)c12. The van der Waals surface area contributed by atoms with E-state index in [2.05, 4.69) is 20.9 Å². The zero-order valence-corrected chi connectivity index (χ0v) is 12.3. The second-order valence-corrected chi connectivity index (χ2v) is 5.42. The molecule has 0 aliphatic rings. The summed E-state index contributed by atoms with van der Waals surface area (Å²) in [5.74, 6) is -0.635. The number of hydrogen-bond donors (Lipinski definition) is 1. The highest BCUT2D eigenvalue weighted by atomic mass is 79.9. The summed E-state index contributed by atoms with van der Waals surface area (Å²) in [6, 6.07) is 10.3. The zero-order chi connectivity index (χ0) is 14.3. The number of hydrogen-bond acceptors (Lipinski definition) is 1. The van der Waals surface area contributed by atoms with Crippen molar-refractivity contribution in [3.63, 3.8) is 0 Å². The number of carbonyl (C=O) groups is 1. The molecule has 2 nitrogen and oxygen atoms in total. The number of H-pyrrole nitrogens is 1. The van der Waals surface area contributed by atoms with E-state index in [-0.39, 0.29) is 10.3 Å². The Kier molecular flexibility index (Phi) is 3.18. The van der Waals surface area contributed by atoms with Crippen molar-refractivity contribution < 1.29 is 9.18 Å². The molecule has 0 aliphatic carbocycles. The van der Waals surface area contributed by atoms with Gasteiger partial charge in [0.25, 0.3) is 0 Å². The lowest BCUT2D eigenvalue weighted by molar-refractivity contribution is 0.103. The molecule has 0 aliphatic heterocycles. The van der Waals surface area contributed by atoms with E-state index in [0.717, 1.165) is 16.5 Å². The van der Waals surface area contributed by atoms with Crippen LogP contribution in [0.2, 0.25) is 0 Å². The minimum Gasteiger partial charge on any atom is -0.360 e. The van der Waals surface area contributed by atoms with Crippen LogP contribution < -0.4 is 0 Å². The lowest BCUT2D eigenvalue weighted by atomic mass is 10.00. The molecule has 0 spiro atoms. The van der Waals surface area contributed by atoms with E-state index in [1.807, 2.05) is 25.1 Å². The summed E-state index contributed by atoms with van der Waals surface area (Å²) in [4.78, 5) is 15.7. The lowest BCUT2D eigenvalue weighted by Crippen LogP contribution is -2.03. The van der Waals surface area contributed by atoms with Gasteiger partial charge in [0, 0.05) is 28.2 Å². The smallest absolute Gasteiger partial charge is 0.196 e. The molecule has 0 fully saturated rings. The molecule has 0 bridgehead atoms. The van der Waals surface area contributed by atoms with Crippen molar-refractivity contribution in [3.8, 4) is 0 Å². The third kappa shape index (κ3) is 1.96. The summed E-state index contributed by atoms with van der Waals surface area (Å²) in [7, 11) is 0. The number of aryl methyl sites for hydroxylation is 1. The van der Waals surface area contributed by atoms with Gasteiger partial charge in [-0.25, -0.2) is 4.39 Å². The van der Waals surface area contributed by atoms with E-state index in [1.54, 1.807) is 12.3 Å². The second kappa shape index (κ2) is 4.87. The number of fused-ring (bicyclic) bond motifs is 1. The molecule has 1 aromatic heterocycles. The van der Waals surface area contributed by atoms with Gasteiger partial charge in [-0.3, -0.25) is 4.79 Å². The van der Waals surface area contributed by atoms with Crippen LogP contribution in [-0.4, -0.2) is 10.8 Å². The first-order valence-corrected chi connectivity index (χ1v) is 6.94. The van der Waals surface area contributed by atoms with Gasteiger partial charge < -0.3 is 4.98 Å². The summed E-state index contributed by atoms with van der Waals surface area (Å²) in [5.41, 5.74) is 2.80. The molecule has 4 heteroatoms. The molecule has 100 valence electrons. The first-order chi connectivity index (χ1) is 9.59. The quantitative estimate of drug-likeness (QED) is 0.683. The van der Waals surface area contributed by atoms with Crippen molar-refractivity contribution in [3.05, 3.63) is 69.6 Å². The predicted octanol–water partition coefficient (Wildman–Crippen LogP) is 4.61. The highest BCUT2D eigenvalue weighted by molar-refractivity contribution is 9.10. The van der Waals surface area contributed by atoms with Crippen LogP contribution in [0.3, 0.4) is 0 Å². The molecule has 3 aromatic rings. The molecule has 3 rings (SSSR count). The molecule has 0 saturated carbocycles. The van der Waals surface area contributed by atoms with Crippen molar-refractivity contribution in [1.82, 2.24) is 4.98 Å². The minimum atomic E-state index is -0.438. The van der Waals surface area contributed by atoms with Crippen LogP contribution in [0, 0.1) is 12.7 Å². The van der Waals surface area contributed by atoms with Gasteiger partial charge in [-0.1, -0.05) is 18.2 Å². The number of carbonyl (C=O) groups excluding carboxylic acids is 1. The second-order valence-electron chi connectivity index (χ2n) is 4.63. The summed E-state index contributed by atoms with van der Waals surface area (Å²) in [5, 5.41) is 0.883. The topological polar surface area (TPSA) is 32.9 Å². The van der Waals surface area contributed by atoms with Crippen molar-refractivity contribution in [2.45, 2.75) is 6.92 Å². The number of aromatic amines is 1. The number of benzene rings is 2. The standard InChI is InChI=1S/C16H11BrFNO/c1-9-4-2-7-13-14(9)11(8-19-13)16(20)10-5-3-6-12(18)15(10)17/h2-8,19H,1H3. The van der Waals surface area contributed by atoms with Gasteiger partial charge in [-0.15, -0.1) is 0 Å². The monoisotopic (exact) mass is 331 g/mol. The first-order valence-electron chi connectivity index (χ1n) is 6.15. The Labute approximate surface area is 123 Å². The maximum absolute atomic E-state index is 13.6. The molecule has 20 heavy (non-hydrogen) atoms. The molecule has 0 saturated heterocycles. The van der Waals surface area contributed by atoms with Gasteiger partial charge in [-0.2, -0.15) is 0 Å². The van der Waals surface area contributed by atoms with Crippen LogP contribution >= 0.6 is 15.9 Å². The molecule has 2 aromatic carbocycles. The Hall–Kier alpha value is -1.94. The maximum Gasteiger partial charge on any atom is 0.196 e. The Morgan fingerprint density at radius 1 is 1.15 bits per heavy atom. The van der Waals surface area contributed by atoms with Crippen molar-refractivity contribution in [1.29, 1.82) is 0 Å². The van der Waals surface area contributed by atoms with Gasteiger partial charge in [-0.05, 0) is 46.6 Å². The molecule has 0 unspecified atom stereocenters. The Bertz CT molecular complexity index is 822. The minimum absolute atomic E-state index is 0.197. The van der Waals surface area contributed by atoms with E-state index in [1.165, 1.54) is 12.1 Å². The molecular formula is C16H11BrFNO. The molecule has 0 amide bonds. The van der Waals surface area contributed by atoms with Crippen LogP contribution in [0.1, 0.15) is 21.5 Å². The number of rotatable bonds is 2. The average Bonchev–Trinajstić information content (AvgIpc) is 2.86. The van der Waals surface area contributed by atoms with Crippen molar-refractivity contribution in [2.75, 3.05) is 0 Å². The summed E-state index contributed by atoms with van der Waals surface area (Å²) in [6.45, 7) is 1.95. The highest BCUT2D eigenvalue weighted by Crippen LogP contribution is 2.28. The maximum atomic E-state index is 13.6. The van der Waals surface area contributed by atoms with Crippen LogP contribution in [0.25, 0.3) is 10.9 Å². The normalized spacial score (nSPS) is 10.9. The van der Waals surface area contributed by atoms with E-state index in [4.69, 9.17) is 0 Å². The van der Waals surface area contributed by atoms with E-state index < -0.39 is 5.82 Å². The van der Waals surface area contributed by atoms with Crippen molar-refractivity contribution in [2.24, 2.45) is 0 Å². The van der Waals surface area contributed by atoms with Crippen LogP contribution in [0.15, 0.2) is 47.1 Å². The lowest BCUT2D eigenvalue weighted by Gasteiger charge is -2.05. The Balaban J connectivity index is 2.21. The molecule has 1 heterocycles. The first kappa shape index (κ1) is 13.1. The van der Waals surface area contributed by atoms with Gasteiger partial charge in [0.15, 0.2) is 5.78 Å². The van der Waals surface area contributed by atoms with Crippen LogP contribution in [-0.2, 0) is 0 Å². The average molecular weight is 332 g/mol. The number of halogens is 2. The summed E-state index contributed by atoms with van der Waals surface area (Å²) in [6.07, 6.45) is 1.68. The predicted molar refractivity (Wildman–Crippen MR) is 80.6 cm³/mol. The van der Waals surface area contributed by atoms with Gasteiger partial charge in [0.1, 0.15) is 5.82 Å². The fourth-order valence-corrected chi connectivity index (χ4v) is 2.82. The third-order valence-corrected chi connectivity index (χ3v) is 4.16. The van der Waals surface area contributed by atoms with Crippen LogP contribution in [0.5, 0.6) is 0 Å². The molecular weight excluding hydrogens is 321 g/mol. The van der Waals surface area contributed by atoms with E-state index >= 15 is 0 Å². The highest BCUT2D eigenvalue weighted by Gasteiger charge is 2.19. The van der Waals surface area contributed by atoms with Gasteiger partial charge >= 0.3 is 0 Å². The largest absolute Gasteiger partial charge is 0.360 e. The third-order valence-electron chi connectivity index (χ3n) is 3.35. The number of nitrogens with one attached hydrogen (secondary N) is 1. The molecule has 0 atom stereocenters. The van der Waals surface area contributed by atoms with Crippen molar-refractivity contribution >= 4 is 32.6 Å². The number of ketones is 1. The van der Waals surface area contributed by atoms with E-state index in [9.17, 15) is 9.18 Å². The Morgan fingerprint density at radius 3 is 2.70 bits per heavy atom. The molecule has 0 radical (unpaired) electrons. The fraction of sp³-hybridized carbons (Fsp3) is 0.0625. The summed E-state index contributed by atoms with van der Waals surface area (Å²) >= 11 is 3.14. The fourth-order valence-electron chi connectivity index (χ4n) is 2.37. The van der Waals surface area contributed by atoms with Crippen LogP contribution in [0.4, 0.5) is 4.39 Å². The summed E-state index contributed by atoms with van der Waals surface area (Å²) < 4.78 is 13.8. The number of aromatic nitrogens is 1. The zero-order valence-electron chi connectivity index (χ0n) is 10.7. The van der Waals surface area contributed by atoms with Gasteiger partial charge in [0.2, 0.25) is 0 Å². The Morgan fingerprint density at radius 2 is 1.90 bits per heavy atom. The van der Waals surface area contributed by atoms with E-state index in [0.29, 0.717) is 11.1 Å². The van der Waals surface area contributed by atoms with Gasteiger partial charge in [0.05, 0.1) is 4.47 Å².